The zero-order chi connectivity index (χ0) is 29.2. The summed E-state index contributed by atoms with van der Waals surface area (Å²) in [5.74, 6) is 0.868. The minimum Gasteiger partial charge on any atom is -0.355 e. The number of hydrogen-bond donors (Lipinski definition) is 0. The molecular formula is C35H30N4Pt. The Labute approximate surface area is 254 Å². The van der Waals surface area contributed by atoms with Crippen molar-refractivity contribution in [2.75, 3.05) is 23.4 Å². The molecule has 6 aromatic rings. The first-order valence-electron chi connectivity index (χ1n) is 14.7. The summed E-state index contributed by atoms with van der Waals surface area (Å²) < 4.78 is 26.4. The molecule has 0 bridgehead atoms. The molecule has 0 unspecified atom stereocenters. The fourth-order valence-corrected chi connectivity index (χ4v) is 5.68. The Morgan fingerprint density at radius 3 is 2.42 bits per heavy atom. The van der Waals surface area contributed by atoms with Gasteiger partial charge in [0.15, 0.2) is 0 Å². The summed E-state index contributed by atoms with van der Waals surface area (Å²) in [6, 6.07) is 38.0. The van der Waals surface area contributed by atoms with Crippen LogP contribution in [0.3, 0.4) is 0 Å². The molecule has 40 heavy (non-hydrogen) atoms. The van der Waals surface area contributed by atoms with Crippen molar-refractivity contribution < 1.29 is 25.2 Å². The molecule has 5 heteroatoms. The van der Waals surface area contributed by atoms with Gasteiger partial charge in [0.25, 0.3) is 0 Å². The fourth-order valence-electron chi connectivity index (χ4n) is 5.68. The van der Waals surface area contributed by atoms with Crippen molar-refractivity contribution in [1.82, 2.24) is 9.55 Å². The summed E-state index contributed by atoms with van der Waals surface area (Å²) in [6.07, 6.45) is 1.85. The maximum absolute atomic E-state index is 8.08. The molecule has 0 radical (unpaired) electrons. The Bertz CT molecular complexity index is 1980. The average molecular weight is 705 g/mol. The molecule has 4 nitrogen and oxygen atoms in total. The standard InChI is InChI=1S/C35H30N4.Pt/c1-24-18-19-36-34(20-24)39-30-13-6-5-12-28(30)29-17-16-26(22-33(29)39)35(2,3)25-10-9-11-27(21-25)38-23-37(4)31-14-7-8-15-32(31)38;/h5-20H,23H2,1-4H3;/q-2;+2/i4D3;. The number of benzene rings is 4. The average Bonchev–Trinajstić information content (AvgIpc) is 3.54. The molecule has 0 fully saturated rings. The number of rotatable bonds is 4. The third-order valence-corrected chi connectivity index (χ3v) is 7.88. The van der Waals surface area contributed by atoms with E-state index in [9.17, 15) is 0 Å². The topological polar surface area (TPSA) is 24.3 Å². The first-order chi connectivity index (χ1) is 20.1. The van der Waals surface area contributed by atoms with Gasteiger partial charge in [0, 0.05) is 22.8 Å². The van der Waals surface area contributed by atoms with Gasteiger partial charge in [-0.05, 0) is 53.6 Å². The number of aryl methyl sites for hydroxylation is 1. The molecule has 7 rings (SSSR count). The molecule has 200 valence electrons. The van der Waals surface area contributed by atoms with E-state index in [1.807, 2.05) is 53.6 Å². The van der Waals surface area contributed by atoms with E-state index in [0.29, 0.717) is 5.69 Å². The molecule has 0 N–H and O–H groups in total. The molecule has 0 saturated carbocycles. The Kier molecular flexibility index (Phi) is 5.69. The van der Waals surface area contributed by atoms with Crippen molar-refractivity contribution in [3.63, 3.8) is 0 Å². The monoisotopic (exact) mass is 704 g/mol. The van der Waals surface area contributed by atoms with Gasteiger partial charge < -0.3 is 14.4 Å². The van der Waals surface area contributed by atoms with Gasteiger partial charge in [-0.25, -0.2) is 4.98 Å². The molecule has 2 aromatic heterocycles. The van der Waals surface area contributed by atoms with Crippen LogP contribution in [0, 0.1) is 19.1 Å². The van der Waals surface area contributed by atoms with Crippen LogP contribution in [0.25, 0.3) is 27.6 Å². The van der Waals surface area contributed by atoms with Gasteiger partial charge in [-0.1, -0.05) is 55.4 Å². The van der Waals surface area contributed by atoms with Gasteiger partial charge in [0.1, 0.15) is 5.82 Å². The third kappa shape index (κ3) is 4.14. The minimum atomic E-state index is -2.24. The van der Waals surface area contributed by atoms with E-state index >= 15 is 0 Å². The second-order valence-corrected chi connectivity index (χ2v) is 10.7. The third-order valence-electron chi connectivity index (χ3n) is 7.88. The van der Waals surface area contributed by atoms with E-state index in [-0.39, 0.29) is 27.7 Å². The van der Waals surface area contributed by atoms with Crippen molar-refractivity contribution in [1.29, 1.82) is 0 Å². The summed E-state index contributed by atoms with van der Waals surface area (Å²) in [6.45, 7) is 4.45. The summed E-state index contributed by atoms with van der Waals surface area (Å²) in [7, 11) is 0. The van der Waals surface area contributed by atoms with Crippen LogP contribution in [0.2, 0.25) is 0 Å². The zero-order valence-electron chi connectivity index (χ0n) is 25.5. The second-order valence-electron chi connectivity index (χ2n) is 10.7. The van der Waals surface area contributed by atoms with E-state index in [4.69, 9.17) is 9.10 Å². The summed E-state index contributed by atoms with van der Waals surface area (Å²) in [5, 5.41) is 2.29. The summed E-state index contributed by atoms with van der Waals surface area (Å²) >= 11 is 0. The van der Waals surface area contributed by atoms with Gasteiger partial charge in [-0.2, -0.15) is 47.5 Å². The normalized spacial score (nSPS) is 14.5. The number of hydrogen-bond acceptors (Lipinski definition) is 3. The molecule has 0 spiro atoms. The quantitative estimate of drug-likeness (QED) is 0.174. The molecule has 1 aliphatic heterocycles. The second kappa shape index (κ2) is 9.94. The Balaban J connectivity index is 0.00000329. The van der Waals surface area contributed by atoms with E-state index in [0.717, 1.165) is 55.7 Å². The number of anilines is 3. The van der Waals surface area contributed by atoms with Crippen molar-refractivity contribution in [3.8, 4) is 5.82 Å². The van der Waals surface area contributed by atoms with Gasteiger partial charge in [-0.15, -0.1) is 11.5 Å². The fraction of sp³-hybridized carbons (Fsp3) is 0.171. The molecule has 0 saturated heterocycles. The van der Waals surface area contributed by atoms with Crippen molar-refractivity contribution in [2.24, 2.45) is 0 Å². The first kappa shape index (κ1) is 22.9. The van der Waals surface area contributed by atoms with Crippen molar-refractivity contribution in [3.05, 3.63) is 126 Å². The van der Waals surface area contributed by atoms with Crippen LogP contribution in [0.4, 0.5) is 17.1 Å². The number of aromatic nitrogens is 2. The van der Waals surface area contributed by atoms with E-state index < -0.39 is 12.4 Å². The van der Waals surface area contributed by atoms with Gasteiger partial charge in [-0.3, -0.25) is 0 Å². The van der Waals surface area contributed by atoms with E-state index in [1.54, 1.807) is 0 Å². The van der Waals surface area contributed by atoms with Crippen molar-refractivity contribution >= 4 is 38.9 Å². The Hall–Kier alpha value is -3.88. The largest absolute Gasteiger partial charge is 2.00 e. The smallest absolute Gasteiger partial charge is 0.355 e. The summed E-state index contributed by atoms with van der Waals surface area (Å²) in [5.41, 5.74) is 7.22. The Morgan fingerprint density at radius 1 is 0.825 bits per heavy atom. The van der Waals surface area contributed by atoms with Gasteiger partial charge >= 0.3 is 21.1 Å². The number of nitrogens with zero attached hydrogens (tertiary/aromatic N) is 4. The summed E-state index contributed by atoms with van der Waals surface area (Å²) in [4.78, 5) is 8.21. The SMILES string of the molecule is [2H]C([2H])([2H])N1CN(c2[c-]c(C(C)(C)c3[c-]c4c(cc3)c3ccccc3n4-c3cc(C)ccn3)ccc2)c2ccccc21.[Pt+2]. The van der Waals surface area contributed by atoms with Gasteiger partial charge in [0.2, 0.25) is 0 Å². The number of para-hydroxylation sites is 3. The van der Waals surface area contributed by atoms with E-state index in [1.165, 1.54) is 4.90 Å². The van der Waals surface area contributed by atoms with Crippen LogP contribution in [0.1, 0.15) is 34.7 Å². The van der Waals surface area contributed by atoms with Crippen LogP contribution in [-0.4, -0.2) is 23.2 Å². The van der Waals surface area contributed by atoms with Crippen LogP contribution in [0.5, 0.6) is 0 Å². The molecule has 0 atom stereocenters. The van der Waals surface area contributed by atoms with Crippen LogP contribution >= 0.6 is 0 Å². The predicted molar refractivity (Wildman–Crippen MR) is 161 cm³/mol. The molecule has 0 aliphatic carbocycles. The predicted octanol–water partition coefficient (Wildman–Crippen LogP) is 7.96. The van der Waals surface area contributed by atoms with Crippen LogP contribution < -0.4 is 9.80 Å². The molecule has 3 heterocycles. The maximum Gasteiger partial charge on any atom is 2.00 e. The Morgan fingerprint density at radius 2 is 1.60 bits per heavy atom. The van der Waals surface area contributed by atoms with Crippen LogP contribution in [-0.2, 0) is 26.5 Å². The maximum atomic E-state index is 8.08. The molecule has 0 amide bonds. The number of pyridine rings is 1. The van der Waals surface area contributed by atoms with E-state index in [2.05, 4.69) is 86.0 Å². The van der Waals surface area contributed by atoms with Gasteiger partial charge in [0.05, 0.1) is 18.0 Å². The zero-order valence-corrected chi connectivity index (χ0v) is 24.8. The van der Waals surface area contributed by atoms with Crippen molar-refractivity contribution in [2.45, 2.75) is 26.2 Å². The molecule has 4 aromatic carbocycles. The minimum absolute atomic E-state index is 0. The molecular weight excluding hydrogens is 671 g/mol. The first-order valence-corrected chi connectivity index (χ1v) is 13.2. The van der Waals surface area contributed by atoms with Crippen LogP contribution in [0.15, 0.2) is 97.2 Å². The number of fused-ring (bicyclic) bond motifs is 4. The molecule has 1 aliphatic rings.